The molecule has 4 rings (SSSR count). The van der Waals surface area contributed by atoms with Crippen LogP contribution in [0.25, 0.3) is 0 Å². The zero-order chi connectivity index (χ0) is 25.3. The maximum Gasteiger partial charge on any atom is 0.256 e. The Labute approximate surface area is 215 Å². The van der Waals surface area contributed by atoms with E-state index >= 15 is 0 Å². The van der Waals surface area contributed by atoms with Crippen LogP contribution < -0.4 is 11.1 Å². The van der Waals surface area contributed by atoms with Gasteiger partial charge >= 0.3 is 0 Å². The molecule has 1 fully saturated rings. The summed E-state index contributed by atoms with van der Waals surface area (Å²) in [6, 6.07) is 16.9. The topological polar surface area (TPSA) is 115 Å². The molecule has 1 aliphatic rings. The number of carbonyl (C=O) groups is 2. The number of pyridine rings is 1. The van der Waals surface area contributed by atoms with Gasteiger partial charge in [0.1, 0.15) is 6.04 Å². The number of rotatable bonds is 9. The zero-order valence-electron chi connectivity index (χ0n) is 20.0. The summed E-state index contributed by atoms with van der Waals surface area (Å²) >= 11 is 1.70. The lowest BCUT2D eigenvalue weighted by Gasteiger charge is -2.43. The summed E-state index contributed by atoms with van der Waals surface area (Å²) in [4.78, 5) is 35.9. The highest BCUT2D eigenvalue weighted by Crippen LogP contribution is 2.28. The number of likely N-dealkylation sites (tertiary alicyclic amines) is 1. The van der Waals surface area contributed by atoms with Crippen molar-refractivity contribution in [3.8, 4) is 6.07 Å². The molecule has 0 radical (unpaired) electrons. The molecule has 3 N–H and O–H groups in total. The summed E-state index contributed by atoms with van der Waals surface area (Å²) in [6.45, 7) is 2.59. The largest absolute Gasteiger partial charge is 0.353 e. The van der Waals surface area contributed by atoms with Crippen LogP contribution in [0.4, 0.5) is 0 Å². The van der Waals surface area contributed by atoms with Gasteiger partial charge in [-0.2, -0.15) is 5.26 Å². The van der Waals surface area contributed by atoms with Crippen molar-refractivity contribution in [2.24, 2.45) is 5.73 Å². The van der Waals surface area contributed by atoms with Crippen molar-refractivity contribution in [1.29, 1.82) is 5.26 Å². The number of nitriles is 1. The van der Waals surface area contributed by atoms with Crippen molar-refractivity contribution in [3.63, 3.8) is 0 Å². The number of thiophene rings is 1. The Morgan fingerprint density at radius 2 is 2.03 bits per heavy atom. The molecular weight excluding hydrogens is 472 g/mol. The SMILES string of the molecule is N#Cc1ccc(CN(Cc2cccs2)C2CCN(C(=O)c3cccnc3)[C@@H](C(=O)NCCN)C2)cc1. The van der Waals surface area contributed by atoms with E-state index in [2.05, 4.69) is 32.7 Å². The minimum Gasteiger partial charge on any atom is -0.353 e. The van der Waals surface area contributed by atoms with E-state index in [-0.39, 0.29) is 17.9 Å². The fourth-order valence-electron chi connectivity index (χ4n) is 4.57. The van der Waals surface area contributed by atoms with Crippen molar-refractivity contribution < 1.29 is 9.59 Å². The molecule has 8 nitrogen and oxygen atoms in total. The van der Waals surface area contributed by atoms with Crippen LogP contribution in [0.15, 0.2) is 66.3 Å². The summed E-state index contributed by atoms with van der Waals surface area (Å²) in [5, 5.41) is 14.1. The Bertz CT molecular complexity index is 1180. The molecule has 36 heavy (non-hydrogen) atoms. The quantitative estimate of drug-likeness (QED) is 0.465. The van der Waals surface area contributed by atoms with Crippen molar-refractivity contribution >= 4 is 23.2 Å². The minimum absolute atomic E-state index is 0.0920. The van der Waals surface area contributed by atoms with Gasteiger partial charge in [-0.25, -0.2) is 0 Å². The van der Waals surface area contributed by atoms with Crippen LogP contribution in [0, 0.1) is 11.3 Å². The maximum absolute atomic E-state index is 13.3. The van der Waals surface area contributed by atoms with Gasteiger partial charge in [0.25, 0.3) is 5.91 Å². The molecule has 1 aromatic carbocycles. The van der Waals surface area contributed by atoms with Crippen molar-refractivity contribution in [2.75, 3.05) is 19.6 Å². The number of hydrogen-bond acceptors (Lipinski definition) is 7. The van der Waals surface area contributed by atoms with E-state index in [9.17, 15) is 9.59 Å². The van der Waals surface area contributed by atoms with E-state index in [0.717, 1.165) is 18.5 Å². The monoisotopic (exact) mass is 502 g/mol. The Balaban J connectivity index is 1.57. The molecule has 1 saturated heterocycles. The highest BCUT2D eigenvalue weighted by atomic mass is 32.1. The number of nitrogens with one attached hydrogen (secondary N) is 1. The molecule has 2 amide bonds. The lowest BCUT2D eigenvalue weighted by molar-refractivity contribution is -0.127. The van der Waals surface area contributed by atoms with Crippen molar-refractivity contribution in [2.45, 2.75) is 38.0 Å². The lowest BCUT2D eigenvalue weighted by atomic mass is 9.93. The van der Waals surface area contributed by atoms with Crippen LogP contribution in [-0.4, -0.2) is 58.3 Å². The van der Waals surface area contributed by atoms with Crippen LogP contribution >= 0.6 is 11.3 Å². The van der Waals surface area contributed by atoms with Crippen LogP contribution in [0.2, 0.25) is 0 Å². The molecule has 1 aliphatic heterocycles. The summed E-state index contributed by atoms with van der Waals surface area (Å²) in [7, 11) is 0. The number of nitrogens with zero attached hydrogens (tertiary/aromatic N) is 4. The van der Waals surface area contributed by atoms with Crippen LogP contribution in [0.3, 0.4) is 0 Å². The van der Waals surface area contributed by atoms with Gasteiger partial charge in [0.2, 0.25) is 5.91 Å². The third-order valence-electron chi connectivity index (χ3n) is 6.41. The van der Waals surface area contributed by atoms with E-state index in [1.807, 2.05) is 30.3 Å². The van der Waals surface area contributed by atoms with Crippen LogP contribution in [0.1, 0.15) is 39.2 Å². The fraction of sp³-hybridized carbons (Fsp3) is 0.333. The van der Waals surface area contributed by atoms with E-state index in [4.69, 9.17) is 11.0 Å². The summed E-state index contributed by atoms with van der Waals surface area (Å²) in [5.41, 5.74) is 7.82. The first-order valence-corrected chi connectivity index (χ1v) is 12.9. The molecule has 0 spiro atoms. The maximum atomic E-state index is 13.3. The van der Waals surface area contributed by atoms with Gasteiger partial charge in [-0.05, 0) is 54.1 Å². The average molecular weight is 503 g/mol. The van der Waals surface area contributed by atoms with Gasteiger partial charge in [0, 0.05) is 56.0 Å². The average Bonchev–Trinajstić information content (AvgIpc) is 3.44. The van der Waals surface area contributed by atoms with E-state index in [0.29, 0.717) is 43.7 Å². The van der Waals surface area contributed by atoms with Gasteiger partial charge in [-0.1, -0.05) is 18.2 Å². The molecular formula is C27H30N6O2S. The standard InChI is InChI=1S/C27H30N6O2S/c28-10-12-31-26(34)25-15-23(9-13-33(25)27(35)22-3-1-11-30-17-22)32(19-24-4-2-14-36-24)18-21-7-5-20(16-29)6-8-21/h1-8,11,14,17,23,25H,9-10,12-13,15,18-19,28H2,(H,31,34)/t23?,25-/m1/s1. The van der Waals surface area contributed by atoms with Crippen LogP contribution in [0.5, 0.6) is 0 Å². The fourth-order valence-corrected chi connectivity index (χ4v) is 5.30. The predicted octanol–water partition coefficient (Wildman–Crippen LogP) is 2.77. The third-order valence-corrected chi connectivity index (χ3v) is 7.28. The summed E-state index contributed by atoms with van der Waals surface area (Å²) < 4.78 is 0. The molecule has 0 saturated carbocycles. The molecule has 9 heteroatoms. The Hall–Kier alpha value is -3.58. The molecule has 0 aliphatic carbocycles. The molecule has 2 aromatic heterocycles. The number of hydrogen-bond donors (Lipinski definition) is 2. The highest BCUT2D eigenvalue weighted by Gasteiger charge is 2.38. The molecule has 186 valence electrons. The Kier molecular flexibility index (Phi) is 8.79. The normalized spacial score (nSPS) is 17.5. The van der Waals surface area contributed by atoms with E-state index < -0.39 is 6.04 Å². The number of piperidine rings is 1. The van der Waals surface area contributed by atoms with Crippen molar-refractivity contribution in [3.05, 3.63) is 87.9 Å². The molecule has 2 atom stereocenters. The number of nitrogens with two attached hydrogens (primary N) is 1. The smallest absolute Gasteiger partial charge is 0.256 e. The first kappa shape index (κ1) is 25.5. The predicted molar refractivity (Wildman–Crippen MR) is 139 cm³/mol. The summed E-state index contributed by atoms with van der Waals surface area (Å²) in [5.74, 6) is -0.372. The zero-order valence-corrected chi connectivity index (χ0v) is 20.9. The highest BCUT2D eigenvalue weighted by molar-refractivity contribution is 7.09. The number of benzene rings is 1. The molecule has 0 bridgehead atoms. The first-order valence-electron chi connectivity index (χ1n) is 12.0. The van der Waals surface area contributed by atoms with Gasteiger partial charge in [0.05, 0.1) is 17.2 Å². The van der Waals surface area contributed by atoms with Crippen LogP contribution in [-0.2, 0) is 17.9 Å². The second-order valence-corrected chi connectivity index (χ2v) is 9.84. The Morgan fingerprint density at radius 3 is 2.69 bits per heavy atom. The number of amides is 2. The number of carbonyl (C=O) groups excluding carboxylic acids is 2. The van der Waals surface area contributed by atoms with E-state index in [1.165, 1.54) is 11.1 Å². The molecule has 3 aromatic rings. The van der Waals surface area contributed by atoms with Gasteiger partial charge in [0.15, 0.2) is 0 Å². The van der Waals surface area contributed by atoms with Crippen molar-refractivity contribution in [1.82, 2.24) is 20.1 Å². The second-order valence-electron chi connectivity index (χ2n) is 8.81. The Morgan fingerprint density at radius 1 is 1.19 bits per heavy atom. The molecule has 3 heterocycles. The van der Waals surface area contributed by atoms with Gasteiger partial charge < -0.3 is 16.0 Å². The lowest BCUT2D eigenvalue weighted by Crippen LogP contribution is -2.57. The second kappa shape index (κ2) is 12.4. The van der Waals surface area contributed by atoms with Gasteiger partial charge in [-0.15, -0.1) is 11.3 Å². The minimum atomic E-state index is -0.602. The number of aromatic nitrogens is 1. The third kappa shape index (κ3) is 6.34. The molecule has 1 unspecified atom stereocenters. The van der Waals surface area contributed by atoms with E-state index in [1.54, 1.807) is 34.6 Å². The summed E-state index contributed by atoms with van der Waals surface area (Å²) in [6.07, 6.45) is 4.43. The van der Waals surface area contributed by atoms with Gasteiger partial charge in [-0.3, -0.25) is 19.5 Å². The first-order chi connectivity index (χ1) is 17.6.